The molecule has 8 aromatic carbocycles. The van der Waals surface area contributed by atoms with E-state index in [0.29, 0.717) is 17.5 Å². The first-order valence-electron chi connectivity index (χ1n) is 18.9. The van der Waals surface area contributed by atoms with E-state index < -0.39 is 0 Å². The highest BCUT2D eigenvalue weighted by atomic mass is 15.1. The summed E-state index contributed by atoms with van der Waals surface area (Å²) in [5, 5.41) is 4.64. The lowest BCUT2D eigenvalue weighted by Crippen LogP contribution is -2.03. The van der Waals surface area contributed by atoms with E-state index in [9.17, 15) is 0 Å². The van der Waals surface area contributed by atoms with Crippen LogP contribution in [0.1, 0.15) is 0 Å². The number of hydrogen-bond acceptors (Lipinski definition) is 3. The van der Waals surface area contributed by atoms with Crippen molar-refractivity contribution in [3.63, 3.8) is 0 Å². The molecule has 0 aliphatic rings. The summed E-state index contributed by atoms with van der Waals surface area (Å²) in [6, 6.07) is 70.3. The number of para-hydroxylation sites is 4. The molecule has 0 bridgehead atoms. The van der Waals surface area contributed by atoms with E-state index in [2.05, 4.69) is 185 Å². The number of nitrogens with zero attached hydrogens (tertiary/aromatic N) is 5. The molecule has 0 amide bonds. The molecule has 11 aromatic rings. The van der Waals surface area contributed by atoms with Crippen LogP contribution in [0.15, 0.2) is 200 Å². The average Bonchev–Trinajstić information content (AvgIpc) is 3.81. The molecule has 0 unspecified atom stereocenters. The SMILES string of the molecule is c1ccc(-c2ccc(-c3nc(-c4ccccc4)nc(-c4ccc(-n5c6ccccc6c6ccccc65)c5c4c4ccccc4n5-c4ccccc4)n3)cc2)cc1. The highest BCUT2D eigenvalue weighted by Gasteiger charge is 2.24. The van der Waals surface area contributed by atoms with Gasteiger partial charge in [0.2, 0.25) is 0 Å². The van der Waals surface area contributed by atoms with Crippen LogP contribution in [-0.2, 0) is 0 Å². The first kappa shape index (κ1) is 31.9. The standard InChI is InChI=1S/C51H33N5/c1-4-16-34(17-5-1)35-28-30-37(31-29-35)50-52-49(36-18-6-2-7-19-36)53-51(54-50)42-32-33-46(56-43-25-13-10-22-39(43)40-23-11-14-26-44(40)56)48-47(42)41-24-12-15-27-45(41)55(48)38-20-8-3-9-21-38/h1-33H. The maximum atomic E-state index is 5.29. The van der Waals surface area contributed by atoms with Crippen LogP contribution in [0.4, 0.5) is 0 Å². The van der Waals surface area contributed by atoms with Crippen molar-refractivity contribution in [2.24, 2.45) is 0 Å². The van der Waals surface area contributed by atoms with Crippen LogP contribution >= 0.6 is 0 Å². The number of benzene rings is 8. The molecule has 0 spiro atoms. The van der Waals surface area contributed by atoms with Crippen molar-refractivity contribution >= 4 is 43.6 Å². The van der Waals surface area contributed by atoms with Gasteiger partial charge in [0.25, 0.3) is 0 Å². The number of fused-ring (bicyclic) bond motifs is 6. The molecule has 262 valence electrons. The number of hydrogen-bond donors (Lipinski definition) is 0. The zero-order valence-corrected chi connectivity index (χ0v) is 30.3. The van der Waals surface area contributed by atoms with E-state index in [1.807, 2.05) is 24.3 Å². The van der Waals surface area contributed by atoms with Gasteiger partial charge >= 0.3 is 0 Å². The van der Waals surface area contributed by atoms with Crippen molar-refractivity contribution in [3.05, 3.63) is 200 Å². The van der Waals surface area contributed by atoms with Gasteiger partial charge in [0.05, 0.1) is 27.8 Å². The lowest BCUT2D eigenvalue weighted by atomic mass is 10.0. The minimum absolute atomic E-state index is 0.621. The quantitative estimate of drug-likeness (QED) is 0.172. The first-order chi connectivity index (χ1) is 27.8. The highest BCUT2D eigenvalue weighted by molar-refractivity contribution is 6.19. The van der Waals surface area contributed by atoms with Gasteiger partial charge < -0.3 is 9.13 Å². The van der Waals surface area contributed by atoms with Gasteiger partial charge in [-0.25, -0.2) is 15.0 Å². The van der Waals surface area contributed by atoms with Gasteiger partial charge in [-0.15, -0.1) is 0 Å². The Hall–Kier alpha value is -7.63. The summed E-state index contributed by atoms with van der Waals surface area (Å²) in [5.41, 5.74) is 11.8. The van der Waals surface area contributed by atoms with E-state index in [-0.39, 0.29) is 0 Å². The fraction of sp³-hybridized carbons (Fsp3) is 0. The molecule has 0 radical (unpaired) electrons. The van der Waals surface area contributed by atoms with Crippen molar-refractivity contribution in [1.82, 2.24) is 24.1 Å². The van der Waals surface area contributed by atoms with Gasteiger partial charge in [0, 0.05) is 43.9 Å². The van der Waals surface area contributed by atoms with Crippen LogP contribution in [0.2, 0.25) is 0 Å². The Morgan fingerprint density at radius 2 is 0.732 bits per heavy atom. The predicted molar refractivity (Wildman–Crippen MR) is 230 cm³/mol. The van der Waals surface area contributed by atoms with Crippen LogP contribution in [0.3, 0.4) is 0 Å². The van der Waals surface area contributed by atoms with Crippen molar-refractivity contribution in [2.45, 2.75) is 0 Å². The van der Waals surface area contributed by atoms with E-state index in [1.54, 1.807) is 0 Å². The van der Waals surface area contributed by atoms with Gasteiger partial charge in [-0.1, -0.05) is 158 Å². The summed E-state index contributed by atoms with van der Waals surface area (Å²) >= 11 is 0. The second-order valence-electron chi connectivity index (χ2n) is 14.0. The lowest BCUT2D eigenvalue weighted by molar-refractivity contribution is 1.07. The van der Waals surface area contributed by atoms with Crippen LogP contribution < -0.4 is 0 Å². The molecule has 3 aromatic heterocycles. The zero-order chi connectivity index (χ0) is 37.0. The molecule has 5 heteroatoms. The highest BCUT2D eigenvalue weighted by Crippen LogP contribution is 2.43. The van der Waals surface area contributed by atoms with Crippen molar-refractivity contribution in [1.29, 1.82) is 0 Å². The Bertz CT molecular complexity index is 3170. The Labute approximate surface area is 323 Å². The third-order valence-electron chi connectivity index (χ3n) is 10.8. The average molecular weight is 716 g/mol. The molecule has 0 saturated heterocycles. The molecule has 0 N–H and O–H groups in total. The van der Waals surface area contributed by atoms with E-state index in [0.717, 1.165) is 66.5 Å². The van der Waals surface area contributed by atoms with Crippen molar-refractivity contribution in [2.75, 3.05) is 0 Å². The van der Waals surface area contributed by atoms with E-state index in [1.165, 1.54) is 16.3 Å². The van der Waals surface area contributed by atoms with Gasteiger partial charge in [0.15, 0.2) is 17.5 Å². The summed E-state index contributed by atoms with van der Waals surface area (Å²) in [6.07, 6.45) is 0. The molecule has 0 saturated carbocycles. The molecular formula is C51H33N5. The Balaban J connectivity index is 1.23. The van der Waals surface area contributed by atoms with Gasteiger partial charge in [-0.2, -0.15) is 0 Å². The molecule has 0 fully saturated rings. The van der Waals surface area contributed by atoms with Crippen LogP contribution in [-0.4, -0.2) is 24.1 Å². The second-order valence-corrected chi connectivity index (χ2v) is 14.0. The zero-order valence-electron chi connectivity index (χ0n) is 30.3. The topological polar surface area (TPSA) is 48.5 Å². The van der Waals surface area contributed by atoms with Crippen molar-refractivity contribution < 1.29 is 0 Å². The van der Waals surface area contributed by atoms with Crippen LogP contribution in [0, 0.1) is 0 Å². The summed E-state index contributed by atoms with van der Waals surface area (Å²) in [4.78, 5) is 15.6. The fourth-order valence-corrected chi connectivity index (χ4v) is 8.26. The predicted octanol–water partition coefficient (Wildman–Crippen LogP) is 12.7. The molecule has 5 nitrogen and oxygen atoms in total. The smallest absolute Gasteiger partial charge is 0.164 e. The molecule has 3 heterocycles. The summed E-state index contributed by atoms with van der Waals surface area (Å²) in [7, 11) is 0. The third kappa shape index (κ3) is 5.13. The van der Waals surface area contributed by atoms with Crippen LogP contribution in [0.25, 0.3) is 100 Å². The second kappa shape index (κ2) is 13.0. The van der Waals surface area contributed by atoms with Gasteiger partial charge in [-0.3, -0.25) is 0 Å². The largest absolute Gasteiger partial charge is 0.307 e. The Morgan fingerprint density at radius 3 is 1.34 bits per heavy atom. The lowest BCUT2D eigenvalue weighted by Gasteiger charge is -2.16. The van der Waals surface area contributed by atoms with Gasteiger partial charge in [-0.05, 0) is 53.6 Å². The monoisotopic (exact) mass is 715 g/mol. The molecule has 11 rings (SSSR count). The molecule has 0 aliphatic heterocycles. The first-order valence-corrected chi connectivity index (χ1v) is 18.9. The van der Waals surface area contributed by atoms with E-state index >= 15 is 0 Å². The summed E-state index contributed by atoms with van der Waals surface area (Å²) < 4.78 is 4.81. The normalized spacial score (nSPS) is 11.6. The van der Waals surface area contributed by atoms with Crippen molar-refractivity contribution in [3.8, 4) is 56.7 Å². The maximum absolute atomic E-state index is 5.29. The Kier molecular flexibility index (Phi) is 7.42. The number of aromatic nitrogens is 5. The summed E-state index contributed by atoms with van der Waals surface area (Å²) in [6.45, 7) is 0. The molecular weight excluding hydrogens is 683 g/mol. The molecule has 0 aliphatic carbocycles. The molecule has 56 heavy (non-hydrogen) atoms. The minimum Gasteiger partial charge on any atom is -0.307 e. The summed E-state index contributed by atoms with van der Waals surface area (Å²) in [5.74, 6) is 1.87. The number of rotatable bonds is 6. The minimum atomic E-state index is 0.621. The van der Waals surface area contributed by atoms with Crippen LogP contribution in [0.5, 0.6) is 0 Å². The third-order valence-corrected chi connectivity index (χ3v) is 10.8. The Morgan fingerprint density at radius 1 is 0.304 bits per heavy atom. The van der Waals surface area contributed by atoms with Gasteiger partial charge in [0.1, 0.15) is 0 Å². The fourth-order valence-electron chi connectivity index (χ4n) is 8.26. The van der Waals surface area contributed by atoms with E-state index in [4.69, 9.17) is 15.0 Å². The maximum Gasteiger partial charge on any atom is 0.164 e. The molecule has 0 atom stereocenters.